The van der Waals surface area contributed by atoms with Crippen LogP contribution in [0.4, 0.5) is 0 Å². The van der Waals surface area contributed by atoms with Gasteiger partial charge in [0.15, 0.2) is 0 Å². The predicted molar refractivity (Wildman–Crippen MR) is 40.9 cm³/mol. The van der Waals surface area contributed by atoms with Gasteiger partial charge in [0.2, 0.25) is 12.3 Å². The van der Waals surface area contributed by atoms with Crippen molar-refractivity contribution in [3.05, 3.63) is 12.3 Å². The number of hydrogen-bond acceptors (Lipinski definition) is 4. The molecule has 0 unspecified atom stereocenters. The molecule has 0 aromatic carbocycles. The van der Waals surface area contributed by atoms with Crippen molar-refractivity contribution in [2.24, 2.45) is 5.73 Å². The Morgan fingerprint density at radius 3 is 2.91 bits per heavy atom. The van der Waals surface area contributed by atoms with Crippen LogP contribution in [0.3, 0.4) is 0 Å². The summed E-state index contributed by atoms with van der Waals surface area (Å²) in [6.07, 6.45) is 5.53. The lowest BCUT2D eigenvalue weighted by Crippen LogP contribution is -1.98. The summed E-state index contributed by atoms with van der Waals surface area (Å²) < 4.78 is 4.96. The van der Waals surface area contributed by atoms with Gasteiger partial charge >= 0.3 is 0 Å². The second-order valence-corrected chi connectivity index (χ2v) is 2.43. The molecule has 1 heterocycles. The van der Waals surface area contributed by atoms with Crippen LogP contribution in [-0.2, 0) is 6.42 Å². The first-order valence-electron chi connectivity index (χ1n) is 3.88. The summed E-state index contributed by atoms with van der Waals surface area (Å²) in [4.78, 5) is 0. The maximum Gasteiger partial charge on any atom is 0.216 e. The SMILES string of the molecule is NCCCCCc1nnco1. The molecule has 0 aliphatic rings. The average Bonchev–Trinajstić information content (AvgIpc) is 2.50. The highest BCUT2D eigenvalue weighted by Gasteiger charge is 1.96. The molecule has 0 aliphatic heterocycles. The molecule has 0 saturated carbocycles. The number of unbranched alkanes of at least 4 members (excludes halogenated alkanes) is 2. The third kappa shape index (κ3) is 3.13. The average molecular weight is 155 g/mol. The molecule has 4 heteroatoms. The Morgan fingerprint density at radius 1 is 1.36 bits per heavy atom. The van der Waals surface area contributed by atoms with E-state index in [4.69, 9.17) is 10.2 Å². The summed E-state index contributed by atoms with van der Waals surface area (Å²) in [5.41, 5.74) is 5.34. The Kier molecular flexibility index (Phi) is 3.61. The molecule has 1 aromatic heterocycles. The maximum atomic E-state index is 5.34. The Morgan fingerprint density at radius 2 is 2.27 bits per heavy atom. The van der Waals surface area contributed by atoms with Crippen molar-refractivity contribution in [2.45, 2.75) is 25.7 Å². The Labute approximate surface area is 65.8 Å². The molecule has 1 rings (SSSR count). The maximum absolute atomic E-state index is 5.34. The van der Waals surface area contributed by atoms with Gasteiger partial charge in [-0.05, 0) is 19.4 Å². The van der Waals surface area contributed by atoms with E-state index in [0.717, 1.165) is 38.1 Å². The van der Waals surface area contributed by atoms with E-state index < -0.39 is 0 Å². The van der Waals surface area contributed by atoms with E-state index in [1.165, 1.54) is 6.39 Å². The van der Waals surface area contributed by atoms with Crippen LogP contribution in [-0.4, -0.2) is 16.7 Å². The van der Waals surface area contributed by atoms with Crippen LogP contribution < -0.4 is 5.73 Å². The first-order chi connectivity index (χ1) is 5.43. The molecule has 0 bridgehead atoms. The molecular formula is C7H13N3O. The predicted octanol–water partition coefficient (Wildman–Crippen LogP) is 0.741. The summed E-state index contributed by atoms with van der Waals surface area (Å²) >= 11 is 0. The topological polar surface area (TPSA) is 64.9 Å². The van der Waals surface area contributed by atoms with Crippen molar-refractivity contribution < 1.29 is 4.42 Å². The van der Waals surface area contributed by atoms with E-state index in [0.29, 0.717) is 0 Å². The smallest absolute Gasteiger partial charge is 0.216 e. The van der Waals surface area contributed by atoms with Crippen molar-refractivity contribution >= 4 is 0 Å². The summed E-state index contributed by atoms with van der Waals surface area (Å²) in [5, 5.41) is 7.35. The fraction of sp³-hybridized carbons (Fsp3) is 0.714. The summed E-state index contributed by atoms with van der Waals surface area (Å²) in [5.74, 6) is 0.724. The summed E-state index contributed by atoms with van der Waals surface area (Å²) in [6.45, 7) is 0.768. The zero-order valence-corrected chi connectivity index (χ0v) is 6.49. The fourth-order valence-corrected chi connectivity index (χ4v) is 0.902. The van der Waals surface area contributed by atoms with Gasteiger partial charge < -0.3 is 10.2 Å². The lowest BCUT2D eigenvalue weighted by atomic mass is 10.2. The molecule has 2 N–H and O–H groups in total. The van der Waals surface area contributed by atoms with Crippen LogP contribution in [0, 0.1) is 0 Å². The standard InChI is InChI=1S/C7H13N3O/c8-5-3-1-2-4-7-10-9-6-11-7/h6H,1-5,8H2. The van der Waals surface area contributed by atoms with Gasteiger partial charge in [-0.15, -0.1) is 10.2 Å². The molecule has 1 aromatic rings. The van der Waals surface area contributed by atoms with Crippen LogP contribution in [0.2, 0.25) is 0 Å². The van der Waals surface area contributed by atoms with Gasteiger partial charge in [-0.1, -0.05) is 6.42 Å². The van der Waals surface area contributed by atoms with Crippen LogP contribution in [0.25, 0.3) is 0 Å². The Hall–Kier alpha value is -0.900. The molecular weight excluding hydrogens is 142 g/mol. The number of aryl methyl sites for hydroxylation is 1. The van der Waals surface area contributed by atoms with Gasteiger partial charge in [-0.2, -0.15) is 0 Å². The van der Waals surface area contributed by atoms with Crippen LogP contribution in [0.5, 0.6) is 0 Å². The molecule has 4 nitrogen and oxygen atoms in total. The zero-order chi connectivity index (χ0) is 7.94. The third-order valence-corrected chi connectivity index (χ3v) is 1.50. The van der Waals surface area contributed by atoms with Crippen molar-refractivity contribution in [1.82, 2.24) is 10.2 Å². The number of hydrogen-bond donors (Lipinski definition) is 1. The first-order valence-corrected chi connectivity index (χ1v) is 3.88. The van der Waals surface area contributed by atoms with Crippen molar-refractivity contribution in [3.63, 3.8) is 0 Å². The number of rotatable bonds is 5. The Balaban J connectivity index is 2.04. The molecule has 11 heavy (non-hydrogen) atoms. The Bertz CT molecular complexity index is 174. The van der Waals surface area contributed by atoms with E-state index in [2.05, 4.69) is 10.2 Å². The zero-order valence-electron chi connectivity index (χ0n) is 6.49. The minimum atomic E-state index is 0.724. The van der Waals surface area contributed by atoms with Gasteiger partial charge in [0.05, 0.1) is 0 Å². The molecule has 0 radical (unpaired) electrons. The van der Waals surface area contributed by atoms with Crippen molar-refractivity contribution in [1.29, 1.82) is 0 Å². The van der Waals surface area contributed by atoms with E-state index in [9.17, 15) is 0 Å². The largest absolute Gasteiger partial charge is 0.428 e. The third-order valence-electron chi connectivity index (χ3n) is 1.50. The first kappa shape index (κ1) is 8.20. The fourth-order valence-electron chi connectivity index (χ4n) is 0.902. The molecule has 0 amide bonds. The van der Waals surface area contributed by atoms with E-state index >= 15 is 0 Å². The quantitative estimate of drug-likeness (QED) is 0.637. The molecule has 62 valence electrons. The van der Waals surface area contributed by atoms with Gasteiger partial charge in [-0.25, -0.2) is 0 Å². The van der Waals surface area contributed by atoms with Crippen LogP contribution >= 0.6 is 0 Å². The van der Waals surface area contributed by atoms with Gasteiger partial charge in [0.25, 0.3) is 0 Å². The second-order valence-electron chi connectivity index (χ2n) is 2.43. The van der Waals surface area contributed by atoms with Crippen LogP contribution in [0.15, 0.2) is 10.8 Å². The highest BCUT2D eigenvalue weighted by Crippen LogP contribution is 2.01. The number of nitrogens with two attached hydrogens (primary N) is 1. The summed E-state index contributed by atoms with van der Waals surface area (Å²) in [7, 11) is 0. The monoisotopic (exact) mass is 155 g/mol. The normalized spacial score (nSPS) is 10.3. The lowest BCUT2D eigenvalue weighted by molar-refractivity contribution is 0.480. The molecule has 0 fully saturated rings. The molecule has 0 atom stereocenters. The molecule has 0 aliphatic carbocycles. The van der Waals surface area contributed by atoms with Crippen molar-refractivity contribution in [3.8, 4) is 0 Å². The number of aromatic nitrogens is 2. The van der Waals surface area contributed by atoms with E-state index in [1.807, 2.05) is 0 Å². The summed E-state index contributed by atoms with van der Waals surface area (Å²) in [6, 6.07) is 0. The molecule has 0 spiro atoms. The number of nitrogens with zero attached hydrogens (tertiary/aromatic N) is 2. The highest BCUT2D eigenvalue weighted by atomic mass is 16.4. The molecule has 0 saturated heterocycles. The van der Waals surface area contributed by atoms with Crippen LogP contribution in [0.1, 0.15) is 25.2 Å². The van der Waals surface area contributed by atoms with E-state index in [-0.39, 0.29) is 0 Å². The minimum Gasteiger partial charge on any atom is -0.428 e. The van der Waals surface area contributed by atoms with Gasteiger partial charge in [0.1, 0.15) is 0 Å². The highest BCUT2D eigenvalue weighted by molar-refractivity contribution is 4.71. The minimum absolute atomic E-state index is 0.724. The van der Waals surface area contributed by atoms with Crippen molar-refractivity contribution in [2.75, 3.05) is 6.54 Å². The van der Waals surface area contributed by atoms with E-state index in [1.54, 1.807) is 0 Å². The van der Waals surface area contributed by atoms with Gasteiger partial charge in [0, 0.05) is 6.42 Å². The van der Waals surface area contributed by atoms with Gasteiger partial charge in [-0.3, -0.25) is 0 Å². The second kappa shape index (κ2) is 4.85. The lowest BCUT2D eigenvalue weighted by Gasteiger charge is -1.93.